The van der Waals surface area contributed by atoms with Gasteiger partial charge in [0.25, 0.3) is 0 Å². The number of hydrogen-bond acceptors (Lipinski definition) is 5. The Hall–Kier alpha value is -2.61. The third kappa shape index (κ3) is 6.66. The van der Waals surface area contributed by atoms with E-state index in [0.717, 1.165) is 38.2 Å². The number of benzene rings is 1. The van der Waals surface area contributed by atoms with Crippen LogP contribution in [0.1, 0.15) is 18.4 Å². The Balaban J connectivity index is 0.000000413. The molecule has 0 bridgehead atoms. The number of amides is 1. The summed E-state index contributed by atoms with van der Waals surface area (Å²) in [5.74, 6) is -2.85. The summed E-state index contributed by atoms with van der Waals surface area (Å²) in [5, 5.41) is 14.8. The molecule has 1 aliphatic heterocycles. The quantitative estimate of drug-likeness (QED) is 0.683. The van der Waals surface area contributed by atoms with Crippen molar-refractivity contribution < 1.29 is 29.3 Å². The Kier molecular flexibility index (Phi) is 7.70. The number of piperidine rings is 1. The fraction of sp³-hybridized carbons (Fsp3) is 0.438. The summed E-state index contributed by atoms with van der Waals surface area (Å²) in [6.45, 7) is 2.78. The lowest BCUT2D eigenvalue weighted by atomic mass is 9.96. The minimum absolute atomic E-state index is 0.0616. The number of carbonyl (C=O) groups is 3. The molecule has 1 heterocycles. The van der Waals surface area contributed by atoms with Crippen LogP contribution in [0.25, 0.3) is 0 Å². The van der Waals surface area contributed by atoms with Gasteiger partial charge >= 0.3 is 11.9 Å². The maximum absolute atomic E-state index is 11.1. The van der Waals surface area contributed by atoms with E-state index in [4.69, 9.17) is 30.3 Å². The summed E-state index contributed by atoms with van der Waals surface area (Å²) in [6.07, 6.45) is 1.75. The molecule has 1 amide bonds. The van der Waals surface area contributed by atoms with Gasteiger partial charge in [0.2, 0.25) is 5.91 Å². The van der Waals surface area contributed by atoms with Crippen LogP contribution in [0.3, 0.4) is 0 Å². The zero-order chi connectivity index (χ0) is 18.1. The molecule has 1 fully saturated rings. The van der Waals surface area contributed by atoms with Crippen molar-refractivity contribution in [3.8, 4) is 5.75 Å². The van der Waals surface area contributed by atoms with E-state index < -0.39 is 11.9 Å². The third-order valence-electron chi connectivity index (χ3n) is 3.71. The van der Waals surface area contributed by atoms with Crippen LogP contribution in [0.5, 0.6) is 5.75 Å². The van der Waals surface area contributed by atoms with Gasteiger partial charge in [-0.3, -0.25) is 9.69 Å². The Labute approximate surface area is 139 Å². The molecule has 2 rings (SSSR count). The van der Waals surface area contributed by atoms with E-state index in [-0.39, 0.29) is 11.8 Å². The normalized spacial score (nSPS) is 15.0. The van der Waals surface area contributed by atoms with Crippen LogP contribution in [-0.2, 0) is 20.9 Å². The van der Waals surface area contributed by atoms with Crippen LogP contribution >= 0.6 is 0 Å². The first-order valence-corrected chi connectivity index (χ1v) is 7.44. The fourth-order valence-electron chi connectivity index (χ4n) is 2.40. The summed E-state index contributed by atoms with van der Waals surface area (Å²) >= 11 is 0. The molecular weight excluding hydrogens is 316 g/mol. The number of carboxylic acids is 2. The number of nitrogens with two attached hydrogens (primary N) is 1. The Bertz CT molecular complexity index is 570. The van der Waals surface area contributed by atoms with E-state index in [1.807, 2.05) is 12.1 Å². The number of aliphatic carboxylic acids is 2. The molecule has 24 heavy (non-hydrogen) atoms. The largest absolute Gasteiger partial charge is 0.497 e. The molecular formula is C16H22N2O6. The number of ether oxygens (including phenoxy) is 1. The maximum Gasteiger partial charge on any atom is 0.414 e. The number of methoxy groups -OCH3 is 1. The van der Waals surface area contributed by atoms with Gasteiger partial charge in [0.05, 0.1) is 7.11 Å². The number of likely N-dealkylation sites (tertiary alicyclic amines) is 1. The number of rotatable bonds is 4. The van der Waals surface area contributed by atoms with Crippen molar-refractivity contribution in [3.63, 3.8) is 0 Å². The first kappa shape index (κ1) is 19.4. The second kappa shape index (κ2) is 9.51. The van der Waals surface area contributed by atoms with E-state index in [1.165, 1.54) is 5.56 Å². The van der Waals surface area contributed by atoms with Crippen LogP contribution in [0, 0.1) is 5.92 Å². The lowest BCUT2D eigenvalue weighted by molar-refractivity contribution is -0.159. The summed E-state index contributed by atoms with van der Waals surface area (Å²) in [6, 6.07) is 8.11. The topological polar surface area (TPSA) is 130 Å². The van der Waals surface area contributed by atoms with Gasteiger partial charge in [-0.25, -0.2) is 9.59 Å². The summed E-state index contributed by atoms with van der Waals surface area (Å²) < 4.78 is 5.21. The Morgan fingerprint density at radius 3 is 2.25 bits per heavy atom. The van der Waals surface area contributed by atoms with Crippen LogP contribution in [0.4, 0.5) is 0 Å². The highest BCUT2D eigenvalue weighted by atomic mass is 16.5. The molecule has 132 valence electrons. The molecule has 1 aromatic carbocycles. The van der Waals surface area contributed by atoms with E-state index in [9.17, 15) is 4.79 Å². The number of carbonyl (C=O) groups excluding carboxylic acids is 1. The van der Waals surface area contributed by atoms with Gasteiger partial charge in [-0.1, -0.05) is 12.1 Å². The predicted octanol–water partition coefficient (Wildman–Crippen LogP) is 0.548. The summed E-state index contributed by atoms with van der Waals surface area (Å²) in [5.41, 5.74) is 6.57. The highest BCUT2D eigenvalue weighted by Crippen LogP contribution is 2.20. The Morgan fingerprint density at radius 2 is 1.79 bits per heavy atom. The van der Waals surface area contributed by atoms with Crippen molar-refractivity contribution in [2.24, 2.45) is 11.7 Å². The molecule has 0 aliphatic carbocycles. The van der Waals surface area contributed by atoms with Crippen molar-refractivity contribution in [2.45, 2.75) is 19.4 Å². The molecule has 4 N–H and O–H groups in total. The van der Waals surface area contributed by atoms with Gasteiger partial charge in [0.15, 0.2) is 0 Å². The van der Waals surface area contributed by atoms with E-state index in [2.05, 4.69) is 17.0 Å². The molecule has 0 saturated carbocycles. The van der Waals surface area contributed by atoms with E-state index in [1.54, 1.807) is 7.11 Å². The molecule has 8 heteroatoms. The highest BCUT2D eigenvalue weighted by molar-refractivity contribution is 6.27. The third-order valence-corrected chi connectivity index (χ3v) is 3.71. The lowest BCUT2D eigenvalue weighted by Gasteiger charge is -2.30. The van der Waals surface area contributed by atoms with Gasteiger partial charge in [0, 0.05) is 12.5 Å². The first-order chi connectivity index (χ1) is 11.3. The second-order valence-electron chi connectivity index (χ2n) is 5.41. The van der Waals surface area contributed by atoms with Crippen molar-refractivity contribution >= 4 is 17.8 Å². The van der Waals surface area contributed by atoms with Gasteiger partial charge in [-0.05, 0) is 43.6 Å². The average molecular weight is 338 g/mol. The van der Waals surface area contributed by atoms with Crippen LogP contribution in [0.2, 0.25) is 0 Å². The minimum atomic E-state index is -1.82. The van der Waals surface area contributed by atoms with E-state index >= 15 is 0 Å². The standard InChI is InChI=1S/C14H20N2O2.C2H2O4/c1-18-13-4-2-3-11(9-13)10-16-7-5-12(6-8-16)14(15)17;3-1(4)2(5)6/h2-4,9,12H,5-8,10H2,1H3,(H2,15,17);(H,3,4)(H,5,6). The van der Waals surface area contributed by atoms with Crippen molar-refractivity contribution in [2.75, 3.05) is 20.2 Å². The van der Waals surface area contributed by atoms with Gasteiger partial charge in [-0.2, -0.15) is 0 Å². The lowest BCUT2D eigenvalue weighted by Crippen LogP contribution is -2.38. The number of carboxylic acid groups (broad SMARTS) is 2. The summed E-state index contributed by atoms with van der Waals surface area (Å²) in [4.78, 5) is 31.6. The van der Waals surface area contributed by atoms with Crippen LogP contribution in [0.15, 0.2) is 24.3 Å². The van der Waals surface area contributed by atoms with E-state index in [0.29, 0.717) is 0 Å². The predicted molar refractivity (Wildman–Crippen MR) is 85.5 cm³/mol. The molecule has 8 nitrogen and oxygen atoms in total. The van der Waals surface area contributed by atoms with Crippen LogP contribution < -0.4 is 10.5 Å². The maximum atomic E-state index is 11.1. The molecule has 0 aromatic heterocycles. The smallest absolute Gasteiger partial charge is 0.414 e. The van der Waals surface area contributed by atoms with Gasteiger partial charge < -0.3 is 20.7 Å². The number of nitrogens with zero attached hydrogens (tertiary/aromatic N) is 1. The zero-order valence-electron chi connectivity index (χ0n) is 13.5. The van der Waals surface area contributed by atoms with Crippen LogP contribution in [-0.4, -0.2) is 53.2 Å². The zero-order valence-corrected chi connectivity index (χ0v) is 13.5. The molecule has 1 aromatic rings. The molecule has 0 radical (unpaired) electrons. The minimum Gasteiger partial charge on any atom is -0.497 e. The first-order valence-electron chi connectivity index (χ1n) is 7.44. The second-order valence-corrected chi connectivity index (χ2v) is 5.41. The fourth-order valence-corrected chi connectivity index (χ4v) is 2.40. The molecule has 0 spiro atoms. The SMILES string of the molecule is COc1cccc(CN2CCC(C(N)=O)CC2)c1.O=C(O)C(=O)O. The molecule has 1 saturated heterocycles. The van der Waals surface area contributed by atoms with Crippen molar-refractivity contribution in [1.29, 1.82) is 0 Å². The Morgan fingerprint density at radius 1 is 1.21 bits per heavy atom. The molecule has 1 aliphatic rings. The average Bonchev–Trinajstić information content (AvgIpc) is 2.56. The van der Waals surface area contributed by atoms with Crippen molar-refractivity contribution in [1.82, 2.24) is 4.90 Å². The van der Waals surface area contributed by atoms with Gasteiger partial charge in [-0.15, -0.1) is 0 Å². The number of primary amides is 1. The molecule has 0 atom stereocenters. The molecule has 0 unspecified atom stereocenters. The number of hydrogen-bond donors (Lipinski definition) is 3. The van der Waals surface area contributed by atoms with Crippen molar-refractivity contribution in [3.05, 3.63) is 29.8 Å². The summed E-state index contributed by atoms with van der Waals surface area (Å²) in [7, 11) is 1.68. The van der Waals surface area contributed by atoms with Gasteiger partial charge in [0.1, 0.15) is 5.75 Å². The monoisotopic (exact) mass is 338 g/mol. The highest BCUT2D eigenvalue weighted by Gasteiger charge is 2.22.